The molecule has 0 bridgehead atoms. The zero-order valence-corrected chi connectivity index (χ0v) is 19.6. The summed E-state index contributed by atoms with van der Waals surface area (Å²) in [5.41, 5.74) is 2.58. The van der Waals surface area contributed by atoms with E-state index in [1.54, 1.807) is 36.4 Å². The fourth-order valence-electron chi connectivity index (χ4n) is 3.49. The third-order valence-corrected chi connectivity index (χ3v) is 6.52. The molecule has 0 aliphatic heterocycles. The molecule has 0 saturated carbocycles. The van der Waals surface area contributed by atoms with Crippen LogP contribution >= 0.6 is 0 Å². The number of nitrogens with zero attached hydrogens (tertiary/aromatic N) is 1. The van der Waals surface area contributed by atoms with Crippen LogP contribution in [0.3, 0.4) is 0 Å². The number of carbonyl (C=O) groups is 1. The highest BCUT2D eigenvalue weighted by molar-refractivity contribution is 7.92. The van der Waals surface area contributed by atoms with Crippen LogP contribution in [0, 0.1) is 0 Å². The fraction of sp³-hybridized carbons (Fsp3) is 0.200. The van der Waals surface area contributed by atoms with Crippen LogP contribution in [0.4, 0.5) is 5.69 Å². The molecule has 0 unspecified atom stereocenters. The third-order valence-electron chi connectivity index (χ3n) is 5.14. The Labute approximate surface area is 198 Å². The Morgan fingerprint density at radius 2 is 1.82 bits per heavy atom. The molecule has 1 heterocycles. The number of benzene rings is 3. The van der Waals surface area contributed by atoms with Crippen LogP contribution in [0.15, 0.2) is 77.7 Å². The summed E-state index contributed by atoms with van der Waals surface area (Å²) in [6, 6.07) is 20.4. The first-order valence-corrected chi connectivity index (χ1v) is 12.5. The number of aromatic amines is 1. The number of aryl methyl sites for hydroxylation is 1. The predicted molar refractivity (Wildman–Crippen MR) is 132 cm³/mol. The first-order chi connectivity index (χ1) is 16.4. The van der Waals surface area contributed by atoms with Crippen LogP contribution in [-0.4, -0.2) is 37.4 Å². The van der Waals surface area contributed by atoms with E-state index in [0.29, 0.717) is 37.4 Å². The number of anilines is 1. The van der Waals surface area contributed by atoms with Crippen molar-refractivity contribution in [2.75, 3.05) is 17.9 Å². The Balaban J connectivity index is 1.33. The summed E-state index contributed by atoms with van der Waals surface area (Å²) in [4.78, 5) is 20.4. The molecule has 0 aliphatic rings. The van der Waals surface area contributed by atoms with Gasteiger partial charge in [0.15, 0.2) is 0 Å². The number of H-pyrrole nitrogens is 1. The van der Waals surface area contributed by atoms with E-state index in [9.17, 15) is 13.2 Å². The van der Waals surface area contributed by atoms with Gasteiger partial charge >= 0.3 is 0 Å². The maximum atomic E-state index is 12.8. The number of rotatable bonds is 10. The van der Waals surface area contributed by atoms with Crippen molar-refractivity contribution < 1.29 is 17.9 Å². The van der Waals surface area contributed by atoms with E-state index in [0.717, 1.165) is 16.9 Å². The van der Waals surface area contributed by atoms with Gasteiger partial charge in [0.1, 0.15) is 11.6 Å². The third kappa shape index (κ3) is 5.74. The van der Waals surface area contributed by atoms with Crippen molar-refractivity contribution in [3.8, 4) is 5.75 Å². The van der Waals surface area contributed by atoms with Gasteiger partial charge in [-0.3, -0.25) is 9.52 Å². The summed E-state index contributed by atoms with van der Waals surface area (Å²) < 4.78 is 33.5. The molecule has 0 radical (unpaired) electrons. The van der Waals surface area contributed by atoms with Crippen molar-refractivity contribution in [3.05, 3.63) is 84.2 Å². The van der Waals surface area contributed by atoms with Gasteiger partial charge < -0.3 is 15.0 Å². The number of carbonyl (C=O) groups excluding carboxylic acids is 1. The minimum absolute atomic E-state index is 0.0105. The zero-order chi connectivity index (χ0) is 24.0. The number of aromatic nitrogens is 2. The molecule has 4 aromatic rings. The van der Waals surface area contributed by atoms with E-state index in [1.807, 2.05) is 31.2 Å². The van der Waals surface area contributed by atoms with E-state index in [4.69, 9.17) is 4.74 Å². The molecule has 1 aromatic heterocycles. The molecule has 1 amide bonds. The fourth-order valence-corrected chi connectivity index (χ4v) is 4.59. The molecular weight excluding hydrogens is 452 g/mol. The van der Waals surface area contributed by atoms with Crippen molar-refractivity contribution in [1.82, 2.24) is 15.3 Å². The Kier molecular flexibility index (Phi) is 7.12. The van der Waals surface area contributed by atoms with Gasteiger partial charge in [0, 0.05) is 24.2 Å². The molecule has 0 atom stereocenters. The average molecular weight is 479 g/mol. The highest BCUT2D eigenvalue weighted by Crippen LogP contribution is 2.20. The van der Waals surface area contributed by atoms with Crippen LogP contribution in [0.5, 0.6) is 5.75 Å². The number of hydrogen-bond donors (Lipinski definition) is 3. The van der Waals surface area contributed by atoms with Gasteiger partial charge in [-0.25, -0.2) is 13.4 Å². The summed E-state index contributed by atoms with van der Waals surface area (Å²) in [5, 5.41) is 2.84. The number of nitrogens with one attached hydrogen (secondary N) is 3. The van der Waals surface area contributed by atoms with Gasteiger partial charge in [-0.15, -0.1) is 0 Å². The number of amides is 1. The number of fused-ring (bicyclic) bond motifs is 1. The summed E-state index contributed by atoms with van der Waals surface area (Å²) in [5.74, 6) is 1.19. The van der Waals surface area contributed by atoms with E-state index < -0.39 is 10.0 Å². The number of sulfonamides is 1. The summed E-state index contributed by atoms with van der Waals surface area (Å²) in [7, 11) is -3.85. The lowest BCUT2D eigenvalue weighted by atomic mass is 10.2. The predicted octanol–water partition coefficient (Wildman–Crippen LogP) is 4.13. The molecule has 0 saturated heterocycles. The summed E-state index contributed by atoms with van der Waals surface area (Å²) in [6.45, 7) is 2.84. The number of hydrogen-bond acceptors (Lipinski definition) is 5. The second kappa shape index (κ2) is 10.4. The topological polar surface area (TPSA) is 113 Å². The SMILES string of the molecule is CCOc1ccc(NS(=O)(=O)c2cccc(C(=O)NCCCc3nc4ccccc4[nH]3)c2)cc1. The lowest BCUT2D eigenvalue weighted by Crippen LogP contribution is -2.25. The molecule has 0 spiro atoms. The Bertz CT molecular complexity index is 1350. The standard InChI is InChI=1S/C25H26N4O4S/c1-2-33-20-14-12-19(13-15-20)29-34(31,32)21-8-5-7-18(17-21)25(30)26-16-6-11-24-27-22-9-3-4-10-23(22)28-24/h3-5,7-10,12-15,17,29H,2,6,11,16H2,1H3,(H,26,30)(H,27,28). The van der Waals surface area contributed by atoms with Gasteiger partial charge in [-0.2, -0.15) is 0 Å². The lowest BCUT2D eigenvalue weighted by molar-refractivity contribution is 0.0953. The molecule has 3 N–H and O–H groups in total. The summed E-state index contributed by atoms with van der Waals surface area (Å²) >= 11 is 0. The van der Waals surface area contributed by atoms with Gasteiger partial charge in [0.25, 0.3) is 15.9 Å². The first kappa shape index (κ1) is 23.3. The van der Waals surface area contributed by atoms with Crippen LogP contribution in [0.25, 0.3) is 11.0 Å². The Morgan fingerprint density at radius 1 is 1.03 bits per heavy atom. The largest absolute Gasteiger partial charge is 0.494 e. The van der Waals surface area contributed by atoms with Crippen LogP contribution in [0.1, 0.15) is 29.5 Å². The number of ether oxygens (including phenoxy) is 1. The van der Waals surface area contributed by atoms with Crippen LogP contribution in [0.2, 0.25) is 0 Å². The van der Waals surface area contributed by atoms with Crippen LogP contribution < -0.4 is 14.8 Å². The van der Waals surface area contributed by atoms with Crippen molar-refractivity contribution in [1.29, 1.82) is 0 Å². The molecular formula is C25H26N4O4S. The smallest absolute Gasteiger partial charge is 0.261 e. The number of imidazole rings is 1. The molecule has 0 fully saturated rings. The van der Waals surface area contributed by atoms with E-state index in [1.165, 1.54) is 12.1 Å². The lowest BCUT2D eigenvalue weighted by Gasteiger charge is -2.10. The van der Waals surface area contributed by atoms with Crippen molar-refractivity contribution in [2.24, 2.45) is 0 Å². The minimum Gasteiger partial charge on any atom is -0.494 e. The highest BCUT2D eigenvalue weighted by Gasteiger charge is 2.16. The van der Waals surface area contributed by atoms with Crippen molar-refractivity contribution >= 4 is 32.7 Å². The van der Waals surface area contributed by atoms with E-state index >= 15 is 0 Å². The molecule has 9 heteroatoms. The zero-order valence-electron chi connectivity index (χ0n) is 18.7. The minimum atomic E-state index is -3.85. The molecule has 3 aromatic carbocycles. The second-order valence-corrected chi connectivity index (χ2v) is 9.33. The molecule has 4 rings (SSSR count). The summed E-state index contributed by atoms with van der Waals surface area (Å²) in [6.07, 6.45) is 1.39. The van der Waals surface area contributed by atoms with Crippen LogP contribution in [-0.2, 0) is 16.4 Å². The van der Waals surface area contributed by atoms with Gasteiger partial charge in [0.2, 0.25) is 0 Å². The van der Waals surface area contributed by atoms with Crippen molar-refractivity contribution in [3.63, 3.8) is 0 Å². The van der Waals surface area contributed by atoms with E-state index in [-0.39, 0.29) is 16.4 Å². The quantitative estimate of drug-likeness (QED) is 0.297. The normalized spacial score (nSPS) is 11.3. The highest BCUT2D eigenvalue weighted by atomic mass is 32.2. The maximum Gasteiger partial charge on any atom is 0.261 e. The Hall–Kier alpha value is -3.85. The first-order valence-electron chi connectivity index (χ1n) is 11.0. The van der Waals surface area contributed by atoms with E-state index in [2.05, 4.69) is 20.0 Å². The van der Waals surface area contributed by atoms with Crippen molar-refractivity contribution in [2.45, 2.75) is 24.7 Å². The van der Waals surface area contributed by atoms with Gasteiger partial charge in [-0.1, -0.05) is 18.2 Å². The van der Waals surface area contributed by atoms with Gasteiger partial charge in [0.05, 0.1) is 22.5 Å². The maximum absolute atomic E-state index is 12.8. The molecule has 8 nitrogen and oxygen atoms in total. The van der Waals surface area contributed by atoms with Gasteiger partial charge in [-0.05, 0) is 67.9 Å². The second-order valence-electron chi connectivity index (χ2n) is 7.65. The molecule has 34 heavy (non-hydrogen) atoms. The average Bonchev–Trinajstić information content (AvgIpc) is 3.26. The Morgan fingerprint density at radius 3 is 2.59 bits per heavy atom. The monoisotopic (exact) mass is 478 g/mol. The molecule has 0 aliphatic carbocycles. The number of para-hydroxylation sites is 2. The molecule has 176 valence electrons.